The highest BCUT2D eigenvalue weighted by Gasteiger charge is 2.57. The summed E-state index contributed by atoms with van der Waals surface area (Å²) >= 11 is 0. The van der Waals surface area contributed by atoms with Crippen molar-refractivity contribution in [1.82, 2.24) is 0 Å². The number of hydroxylamine groups is 1. The standard InChI is InChI=1S/C23H21NO3/c1-26-22(25)21-17-27-24(20-15-9-4-10-16-20)23(21,18-11-5-2-6-12-18)19-13-7-3-8-14-19/h2-16,21H,17H2,1H3. The third-order valence-corrected chi connectivity index (χ3v) is 5.10. The van der Waals surface area contributed by atoms with E-state index in [-0.39, 0.29) is 12.6 Å². The molecule has 4 nitrogen and oxygen atoms in total. The van der Waals surface area contributed by atoms with Crippen molar-refractivity contribution in [1.29, 1.82) is 0 Å². The number of esters is 1. The number of rotatable bonds is 4. The number of benzene rings is 3. The highest BCUT2D eigenvalue weighted by atomic mass is 16.7. The van der Waals surface area contributed by atoms with Gasteiger partial charge in [-0.05, 0) is 23.3 Å². The average molecular weight is 359 g/mol. The molecule has 3 aromatic rings. The maximum absolute atomic E-state index is 12.8. The average Bonchev–Trinajstić information content (AvgIpc) is 3.16. The van der Waals surface area contributed by atoms with Gasteiger partial charge in [0, 0.05) is 0 Å². The molecule has 1 aliphatic heterocycles. The molecule has 0 aromatic heterocycles. The zero-order chi connectivity index (χ0) is 18.7. The van der Waals surface area contributed by atoms with Crippen molar-refractivity contribution in [2.75, 3.05) is 18.8 Å². The van der Waals surface area contributed by atoms with Crippen LogP contribution in [0.3, 0.4) is 0 Å². The molecule has 0 spiro atoms. The van der Waals surface area contributed by atoms with Crippen LogP contribution in [0.2, 0.25) is 0 Å². The van der Waals surface area contributed by atoms with Crippen molar-refractivity contribution in [2.24, 2.45) is 5.92 Å². The van der Waals surface area contributed by atoms with Gasteiger partial charge >= 0.3 is 5.97 Å². The van der Waals surface area contributed by atoms with Crippen LogP contribution in [0.4, 0.5) is 5.69 Å². The first-order chi connectivity index (χ1) is 13.3. The molecule has 0 aliphatic carbocycles. The Morgan fingerprint density at radius 3 is 1.85 bits per heavy atom. The minimum Gasteiger partial charge on any atom is -0.469 e. The summed E-state index contributed by atoms with van der Waals surface area (Å²) < 4.78 is 5.17. The molecule has 3 aromatic carbocycles. The molecular formula is C23H21NO3. The lowest BCUT2D eigenvalue weighted by Crippen LogP contribution is -2.49. The molecule has 1 heterocycles. The summed E-state index contributed by atoms with van der Waals surface area (Å²) in [5, 5.41) is 1.86. The summed E-state index contributed by atoms with van der Waals surface area (Å²) in [5.74, 6) is -0.798. The van der Waals surface area contributed by atoms with Gasteiger partial charge in [0.15, 0.2) is 0 Å². The second-order valence-electron chi connectivity index (χ2n) is 6.50. The molecule has 27 heavy (non-hydrogen) atoms. The van der Waals surface area contributed by atoms with Gasteiger partial charge in [0.25, 0.3) is 0 Å². The number of methoxy groups -OCH3 is 1. The SMILES string of the molecule is COC(=O)C1CON(c2ccccc2)C1(c1ccccc1)c1ccccc1. The van der Waals surface area contributed by atoms with E-state index in [1.807, 2.05) is 96.1 Å². The zero-order valence-corrected chi connectivity index (χ0v) is 15.1. The zero-order valence-electron chi connectivity index (χ0n) is 15.1. The predicted molar refractivity (Wildman–Crippen MR) is 104 cm³/mol. The molecule has 0 N–H and O–H groups in total. The molecule has 1 fully saturated rings. The first-order valence-corrected chi connectivity index (χ1v) is 8.95. The van der Waals surface area contributed by atoms with Gasteiger partial charge in [-0.1, -0.05) is 78.9 Å². The van der Waals surface area contributed by atoms with Crippen molar-refractivity contribution >= 4 is 11.7 Å². The van der Waals surface area contributed by atoms with Gasteiger partial charge in [0.2, 0.25) is 0 Å². The van der Waals surface area contributed by atoms with E-state index in [0.717, 1.165) is 16.8 Å². The quantitative estimate of drug-likeness (QED) is 0.656. The normalized spacial score (nSPS) is 18.3. The van der Waals surface area contributed by atoms with Crippen LogP contribution in [0.1, 0.15) is 11.1 Å². The highest BCUT2D eigenvalue weighted by molar-refractivity contribution is 5.78. The molecule has 0 bridgehead atoms. The Labute approximate surface area is 158 Å². The van der Waals surface area contributed by atoms with Crippen LogP contribution in [-0.2, 0) is 19.9 Å². The molecule has 1 aliphatic rings. The summed E-state index contributed by atoms with van der Waals surface area (Å²) in [4.78, 5) is 19.0. The number of ether oxygens (including phenoxy) is 1. The molecule has 1 saturated heterocycles. The van der Waals surface area contributed by atoms with E-state index >= 15 is 0 Å². The van der Waals surface area contributed by atoms with Gasteiger partial charge in [-0.3, -0.25) is 9.63 Å². The number of para-hydroxylation sites is 1. The number of hydrogen-bond donors (Lipinski definition) is 0. The molecule has 136 valence electrons. The van der Waals surface area contributed by atoms with Gasteiger partial charge in [-0.2, -0.15) is 0 Å². The van der Waals surface area contributed by atoms with Crippen LogP contribution in [0.5, 0.6) is 0 Å². The molecule has 0 saturated carbocycles. The van der Waals surface area contributed by atoms with E-state index in [0.29, 0.717) is 0 Å². The Hall–Kier alpha value is -3.11. The molecule has 0 radical (unpaired) electrons. The molecule has 0 amide bonds. The minimum absolute atomic E-state index is 0.241. The van der Waals surface area contributed by atoms with Crippen molar-refractivity contribution in [3.05, 3.63) is 102 Å². The summed E-state index contributed by atoms with van der Waals surface area (Å²) in [6.45, 7) is 0.241. The third-order valence-electron chi connectivity index (χ3n) is 5.10. The Balaban J connectivity index is 2.01. The van der Waals surface area contributed by atoms with Crippen molar-refractivity contribution < 1.29 is 14.4 Å². The molecule has 1 unspecified atom stereocenters. The fourth-order valence-corrected chi connectivity index (χ4v) is 3.92. The smallest absolute Gasteiger partial charge is 0.314 e. The maximum Gasteiger partial charge on any atom is 0.314 e. The Morgan fingerprint density at radius 1 is 0.889 bits per heavy atom. The molecule has 1 atom stereocenters. The second-order valence-corrected chi connectivity index (χ2v) is 6.50. The molecular weight excluding hydrogens is 338 g/mol. The first kappa shape index (κ1) is 17.3. The van der Waals surface area contributed by atoms with Crippen LogP contribution >= 0.6 is 0 Å². The fourth-order valence-electron chi connectivity index (χ4n) is 3.92. The van der Waals surface area contributed by atoms with Gasteiger partial charge in [0.1, 0.15) is 11.5 Å². The minimum atomic E-state index is -0.822. The van der Waals surface area contributed by atoms with Crippen molar-refractivity contribution in [3.63, 3.8) is 0 Å². The van der Waals surface area contributed by atoms with Gasteiger partial charge in [-0.25, -0.2) is 5.06 Å². The Morgan fingerprint density at radius 2 is 1.37 bits per heavy atom. The number of nitrogens with zero attached hydrogens (tertiary/aromatic N) is 1. The molecule has 4 heteroatoms. The summed E-state index contributed by atoms with van der Waals surface area (Å²) in [5.41, 5.74) is 2.02. The van der Waals surface area contributed by atoms with Gasteiger partial charge in [0.05, 0.1) is 19.4 Å². The van der Waals surface area contributed by atoms with Gasteiger partial charge < -0.3 is 4.74 Å². The number of hydrogen-bond acceptors (Lipinski definition) is 4. The van der Waals surface area contributed by atoms with E-state index in [1.165, 1.54) is 7.11 Å². The van der Waals surface area contributed by atoms with Crippen LogP contribution in [0.25, 0.3) is 0 Å². The summed E-state index contributed by atoms with van der Waals surface area (Å²) in [6, 6.07) is 29.9. The van der Waals surface area contributed by atoms with Crippen LogP contribution in [-0.4, -0.2) is 19.7 Å². The second kappa shape index (κ2) is 7.25. The topological polar surface area (TPSA) is 38.8 Å². The largest absolute Gasteiger partial charge is 0.469 e. The van der Waals surface area contributed by atoms with E-state index in [1.54, 1.807) is 0 Å². The number of anilines is 1. The molecule has 4 rings (SSSR count). The van der Waals surface area contributed by atoms with Crippen LogP contribution in [0.15, 0.2) is 91.0 Å². The summed E-state index contributed by atoms with van der Waals surface area (Å²) in [6.07, 6.45) is 0. The van der Waals surface area contributed by atoms with E-state index in [2.05, 4.69) is 0 Å². The van der Waals surface area contributed by atoms with E-state index in [4.69, 9.17) is 9.57 Å². The van der Waals surface area contributed by atoms with Crippen LogP contribution < -0.4 is 5.06 Å². The highest BCUT2D eigenvalue weighted by Crippen LogP contribution is 2.49. The number of carbonyl (C=O) groups is 1. The fraction of sp³-hybridized carbons (Fsp3) is 0.174. The van der Waals surface area contributed by atoms with Crippen molar-refractivity contribution in [2.45, 2.75) is 5.54 Å². The monoisotopic (exact) mass is 359 g/mol. The van der Waals surface area contributed by atoms with E-state index < -0.39 is 11.5 Å². The van der Waals surface area contributed by atoms with Crippen molar-refractivity contribution in [3.8, 4) is 0 Å². The lowest BCUT2D eigenvalue weighted by molar-refractivity contribution is -0.146. The summed E-state index contributed by atoms with van der Waals surface area (Å²) in [7, 11) is 1.42. The number of carbonyl (C=O) groups excluding carboxylic acids is 1. The van der Waals surface area contributed by atoms with Crippen LogP contribution in [0, 0.1) is 5.92 Å². The Bertz CT molecular complexity index is 857. The Kier molecular flexibility index (Phi) is 4.65. The van der Waals surface area contributed by atoms with E-state index in [9.17, 15) is 4.79 Å². The first-order valence-electron chi connectivity index (χ1n) is 8.95. The predicted octanol–water partition coefficient (Wildman–Crippen LogP) is 4.17. The third kappa shape index (κ3) is 2.78. The lowest BCUT2D eigenvalue weighted by atomic mass is 9.73. The maximum atomic E-state index is 12.8. The lowest BCUT2D eigenvalue weighted by Gasteiger charge is -2.41. The van der Waals surface area contributed by atoms with Gasteiger partial charge in [-0.15, -0.1) is 0 Å².